The molecule has 0 aliphatic heterocycles. The average molecular weight is 487 g/mol. The highest BCUT2D eigenvalue weighted by atomic mass is 32.1. The van der Waals surface area contributed by atoms with Crippen molar-refractivity contribution in [2.24, 2.45) is 0 Å². The quantitative estimate of drug-likeness (QED) is 0.364. The van der Waals surface area contributed by atoms with Gasteiger partial charge in [0.05, 0.1) is 14.2 Å². The second-order valence-electron chi connectivity index (χ2n) is 7.04. The van der Waals surface area contributed by atoms with Crippen LogP contribution in [0.3, 0.4) is 0 Å². The van der Waals surface area contributed by atoms with Crippen LogP contribution in [0.4, 0.5) is 4.39 Å². The summed E-state index contributed by atoms with van der Waals surface area (Å²) >= 11 is 5.16. The van der Waals surface area contributed by atoms with Crippen LogP contribution in [0.2, 0.25) is 0 Å². The zero-order valence-electron chi connectivity index (χ0n) is 19.2. The maximum atomic E-state index is 12.3. The summed E-state index contributed by atoms with van der Waals surface area (Å²) in [5, 5.41) is 12.7. The Bertz CT molecular complexity index is 1080. The number of halogens is 1. The Morgan fingerprint density at radius 1 is 1.12 bits per heavy atom. The number of aromatic nitrogens is 1. The number of nitrogens with one attached hydrogen (secondary N) is 1. The van der Waals surface area contributed by atoms with Crippen LogP contribution >= 0.6 is 12.2 Å². The van der Waals surface area contributed by atoms with Crippen LogP contribution in [0.15, 0.2) is 66.9 Å². The van der Waals surface area contributed by atoms with Gasteiger partial charge in [-0.15, -0.1) is 0 Å². The van der Waals surface area contributed by atoms with Crippen molar-refractivity contribution in [3.05, 3.63) is 83.9 Å². The lowest BCUT2D eigenvalue weighted by Crippen LogP contribution is -2.32. The van der Waals surface area contributed by atoms with Gasteiger partial charge in [-0.3, -0.25) is 4.79 Å². The second-order valence-corrected chi connectivity index (χ2v) is 7.45. The van der Waals surface area contributed by atoms with Crippen LogP contribution < -0.4 is 14.8 Å². The number of benzene rings is 2. The summed E-state index contributed by atoms with van der Waals surface area (Å²) in [6.07, 6.45) is 1.84. The third kappa shape index (κ3) is 8.67. The van der Waals surface area contributed by atoms with Crippen LogP contribution in [0.1, 0.15) is 18.2 Å². The Labute approximate surface area is 203 Å². The number of methoxy groups -OCH3 is 2. The van der Waals surface area contributed by atoms with Gasteiger partial charge in [-0.2, -0.15) is 0 Å². The molecule has 9 heteroatoms. The number of pyridine rings is 1. The lowest BCUT2D eigenvalue weighted by molar-refractivity contribution is -0.146. The van der Waals surface area contributed by atoms with E-state index in [9.17, 15) is 14.3 Å². The minimum Gasteiger partial charge on any atom is -0.503 e. The summed E-state index contributed by atoms with van der Waals surface area (Å²) < 4.78 is 27.4. The van der Waals surface area contributed by atoms with Gasteiger partial charge in [0.2, 0.25) is 0 Å². The Kier molecular flexibility index (Phi) is 10.7. The molecule has 1 atom stereocenters. The van der Waals surface area contributed by atoms with E-state index >= 15 is 0 Å². The third-order valence-corrected chi connectivity index (χ3v) is 4.78. The average Bonchev–Trinajstić information content (AvgIpc) is 2.83. The fraction of sp³-hybridized carbons (Fsp3) is 0.240. The Morgan fingerprint density at radius 2 is 1.85 bits per heavy atom. The number of rotatable bonds is 8. The number of hydrogen-bond acceptors (Lipinski definition) is 7. The van der Waals surface area contributed by atoms with Gasteiger partial charge in [0.1, 0.15) is 34.9 Å². The van der Waals surface area contributed by atoms with E-state index in [-0.39, 0.29) is 40.6 Å². The first-order valence-corrected chi connectivity index (χ1v) is 10.8. The van der Waals surface area contributed by atoms with E-state index in [1.807, 2.05) is 37.3 Å². The Morgan fingerprint density at radius 3 is 2.47 bits per heavy atom. The minimum atomic E-state index is -0.437. The molecule has 0 saturated heterocycles. The molecule has 0 spiro atoms. The largest absolute Gasteiger partial charge is 0.503 e. The Hall–Kier alpha value is -3.72. The van der Waals surface area contributed by atoms with Crippen LogP contribution in [-0.4, -0.2) is 47.9 Å². The topological polar surface area (TPSA) is 89.9 Å². The van der Waals surface area contributed by atoms with Gasteiger partial charge in [0.25, 0.3) is 0 Å². The SMILES string of the molecule is COc1cccc(F)c1.COc1ccnc(C(=S)NCC(=O)OC(C)Cc2ccccc2)c1O. The van der Waals surface area contributed by atoms with Gasteiger partial charge in [-0.25, -0.2) is 9.37 Å². The molecule has 0 radical (unpaired) electrons. The zero-order chi connectivity index (χ0) is 24.9. The fourth-order valence-electron chi connectivity index (χ4n) is 2.85. The van der Waals surface area contributed by atoms with Crippen molar-refractivity contribution in [1.29, 1.82) is 0 Å². The van der Waals surface area contributed by atoms with Crippen molar-refractivity contribution in [3.8, 4) is 17.2 Å². The molecular formula is C25H27FN2O5S. The lowest BCUT2D eigenvalue weighted by atomic mass is 10.1. The van der Waals surface area contributed by atoms with Crippen molar-refractivity contribution in [3.63, 3.8) is 0 Å². The molecular weight excluding hydrogens is 459 g/mol. The molecule has 0 aliphatic rings. The first-order chi connectivity index (χ1) is 16.3. The normalized spacial score (nSPS) is 10.8. The van der Waals surface area contributed by atoms with Crippen molar-refractivity contribution in [2.45, 2.75) is 19.4 Å². The molecule has 0 amide bonds. The van der Waals surface area contributed by atoms with Gasteiger partial charge < -0.3 is 24.6 Å². The fourth-order valence-corrected chi connectivity index (χ4v) is 3.07. The number of esters is 1. The molecule has 0 saturated carbocycles. The number of ether oxygens (including phenoxy) is 3. The van der Waals surface area contributed by atoms with E-state index in [0.29, 0.717) is 12.2 Å². The van der Waals surface area contributed by atoms with Crippen molar-refractivity contribution in [1.82, 2.24) is 10.3 Å². The molecule has 7 nitrogen and oxygen atoms in total. The first kappa shape index (κ1) is 26.5. The summed E-state index contributed by atoms with van der Waals surface area (Å²) in [4.78, 5) is 16.1. The molecule has 34 heavy (non-hydrogen) atoms. The van der Waals surface area contributed by atoms with Gasteiger partial charge in [0, 0.05) is 24.8 Å². The molecule has 1 aromatic heterocycles. The molecule has 3 aromatic rings. The third-order valence-electron chi connectivity index (χ3n) is 4.45. The maximum Gasteiger partial charge on any atom is 0.325 e. The van der Waals surface area contributed by atoms with E-state index in [0.717, 1.165) is 5.56 Å². The molecule has 0 aliphatic carbocycles. The predicted molar refractivity (Wildman–Crippen MR) is 131 cm³/mol. The number of thiocarbonyl (C=S) groups is 1. The monoisotopic (exact) mass is 486 g/mol. The van der Waals surface area contributed by atoms with Gasteiger partial charge in [-0.1, -0.05) is 48.6 Å². The number of carbonyl (C=O) groups excluding carboxylic acids is 1. The molecule has 0 bridgehead atoms. The highest BCUT2D eigenvalue weighted by Gasteiger charge is 2.15. The molecule has 1 heterocycles. The van der Waals surface area contributed by atoms with Crippen molar-refractivity contribution in [2.75, 3.05) is 20.8 Å². The second kappa shape index (κ2) is 13.7. The van der Waals surface area contributed by atoms with E-state index in [2.05, 4.69) is 10.3 Å². The molecule has 3 rings (SSSR count). The van der Waals surface area contributed by atoms with E-state index in [4.69, 9.17) is 26.4 Å². The number of aromatic hydroxyl groups is 1. The van der Waals surface area contributed by atoms with Gasteiger partial charge in [0.15, 0.2) is 11.5 Å². The first-order valence-electron chi connectivity index (χ1n) is 10.4. The molecule has 0 fully saturated rings. The van der Waals surface area contributed by atoms with Gasteiger partial charge >= 0.3 is 5.97 Å². The molecule has 1 unspecified atom stereocenters. The highest BCUT2D eigenvalue weighted by molar-refractivity contribution is 7.80. The van der Waals surface area contributed by atoms with Crippen LogP contribution in [0, 0.1) is 5.82 Å². The van der Waals surface area contributed by atoms with Crippen molar-refractivity contribution < 1.29 is 28.5 Å². The smallest absolute Gasteiger partial charge is 0.325 e. The molecule has 180 valence electrons. The summed E-state index contributed by atoms with van der Waals surface area (Å²) in [6.45, 7) is 1.72. The van der Waals surface area contributed by atoms with Crippen LogP contribution in [0.25, 0.3) is 0 Å². The summed E-state index contributed by atoms with van der Waals surface area (Å²) in [6, 6.07) is 17.3. The summed E-state index contributed by atoms with van der Waals surface area (Å²) in [7, 11) is 2.94. The van der Waals surface area contributed by atoms with E-state index in [1.54, 1.807) is 12.1 Å². The van der Waals surface area contributed by atoms with Crippen LogP contribution in [0.5, 0.6) is 17.2 Å². The number of carbonyl (C=O) groups is 1. The highest BCUT2D eigenvalue weighted by Crippen LogP contribution is 2.27. The number of nitrogens with zero attached hydrogens (tertiary/aromatic N) is 1. The van der Waals surface area contributed by atoms with Gasteiger partial charge in [-0.05, 0) is 24.6 Å². The van der Waals surface area contributed by atoms with Crippen LogP contribution in [-0.2, 0) is 16.0 Å². The number of hydrogen-bond donors (Lipinski definition) is 2. The predicted octanol–water partition coefficient (Wildman–Crippen LogP) is 4.07. The van der Waals surface area contributed by atoms with E-state index in [1.165, 1.54) is 38.6 Å². The van der Waals surface area contributed by atoms with Crippen molar-refractivity contribution >= 4 is 23.2 Å². The minimum absolute atomic E-state index is 0.115. The summed E-state index contributed by atoms with van der Waals surface area (Å²) in [5.74, 6) is -0.0703. The van der Waals surface area contributed by atoms with E-state index < -0.39 is 5.97 Å². The summed E-state index contributed by atoms with van der Waals surface area (Å²) in [5.41, 5.74) is 1.25. The molecule has 2 aromatic carbocycles. The maximum absolute atomic E-state index is 12.3. The Balaban J connectivity index is 0.000000379. The standard InChI is InChI=1S/C18H20N2O4S.C7H7FO/c1-12(10-13-6-4-3-5-7-13)24-15(21)11-20-18(25)16-17(22)14(23-2)8-9-19-16;1-9-7-4-2-3-6(8)5-7/h3-9,12,22H,10-11H2,1-2H3,(H,20,25);2-5H,1H3. The lowest BCUT2D eigenvalue weighted by Gasteiger charge is -2.14. The molecule has 2 N–H and O–H groups in total. The zero-order valence-corrected chi connectivity index (χ0v) is 20.0.